The molecule has 0 spiro atoms. The number of benzene rings is 2. The smallest absolute Gasteiger partial charge is 0.119 e. The van der Waals surface area contributed by atoms with Crippen LogP contribution >= 0.6 is 11.8 Å². The van der Waals surface area contributed by atoms with Gasteiger partial charge in [-0.3, -0.25) is 0 Å². The third-order valence-corrected chi connectivity index (χ3v) is 4.61. The summed E-state index contributed by atoms with van der Waals surface area (Å²) in [6.45, 7) is 5.18. The van der Waals surface area contributed by atoms with Gasteiger partial charge in [0.15, 0.2) is 0 Å². The van der Waals surface area contributed by atoms with E-state index in [0.717, 1.165) is 18.8 Å². The van der Waals surface area contributed by atoms with E-state index in [2.05, 4.69) is 62.4 Å². The van der Waals surface area contributed by atoms with Crippen LogP contribution in [0.3, 0.4) is 0 Å². The first-order valence-electron chi connectivity index (χ1n) is 8.25. The van der Waals surface area contributed by atoms with Gasteiger partial charge in [0.25, 0.3) is 0 Å². The molecule has 0 heterocycles. The highest BCUT2D eigenvalue weighted by Crippen LogP contribution is 2.29. The zero-order valence-corrected chi connectivity index (χ0v) is 14.5. The van der Waals surface area contributed by atoms with Gasteiger partial charge >= 0.3 is 0 Å². The Labute approximate surface area is 139 Å². The van der Waals surface area contributed by atoms with Gasteiger partial charge in [0.05, 0.1) is 6.61 Å². The van der Waals surface area contributed by atoms with E-state index in [1.54, 1.807) is 11.8 Å². The molecule has 0 aliphatic carbocycles. The summed E-state index contributed by atoms with van der Waals surface area (Å²) in [5, 5.41) is 0. The molecular weight excluding hydrogens is 288 g/mol. The number of hydrogen-bond acceptors (Lipinski definition) is 2. The second-order valence-corrected chi connectivity index (χ2v) is 6.80. The van der Waals surface area contributed by atoms with Crippen molar-refractivity contribution in [3.05, 3.63) is 54.1 Å². The Hall–Kier alpha value is -1.41. The topological polar surface area (TPSA) is 9.23 Å². The van der Waals surface area contributed by atoms with E-state index in [0.29, 0.717) is 0 Å². The van der Waals surface area contributed by atoms with Crippen LogP contribution in [0.15, 0.2) is 58.3 Å². The van der Waals surface area contributed by atoms with E-state index < -0.39 is 0 Å². The third kappa shape index (κ3) is 6.15. The molecular formula is C20H26OS. The second kappa shape index (κ2) is 9.58. The van der Waals surface area contributed by atoms with E-state index in [-0.39, 0.29) is 0 Å². The highest BCUT2D eigenvalue weighted by molar-refractivity contribution is 7.99. The molecule has 0 aromatic heterocycles. The Morgan fingerprint density at radius 3 is 2.00 bits per heavy atom. The Balaban J connectivity index is 1.74. The van der Waals surface area contributed by atoms with Gasteiger partial charge < -0.3 is 4.74 Å². The lowest BCUT2D eigenvalue weighted by molar-refractivity contribution is 0.304. The molecule has 0 radical (unpaired) electrons. The Bertz CT molecular complexity index is 531. The van der Waals surface area contributed by atoms with Gasteiger partial charge in [0.1, 0.15) is 5.75 Å². The Kier molecular flexibility index (Phi) is 7.38. The first kappa shape index (κ1) is 17.0. The molecule has 0 unspecified atom stereocenters. The van der Waals surface area contributed by atoms with Crippen LogP contribution < -0.4 is 4.74 Å². The van der Waals surface area contributed by atoms with Gasteiger partial charge in [0, 0.05) is 9.79 Å². The van der Waals surface area contributed by atoms with Crippen molar-refractivity contribution in [1.29, 1.82) is 0 Å². The molecule has 2 rings (SSSR count). The predicted molar refractivity (Wildman–Crippen MR) is 96.0 cm³/mol. The summed E-state index contributed by atoms with van der Waals surface area (Å²) in [5.74, 6) is 0.976. The predicted octanol–water partition coefficient (Wildman–Crippen LogP) is 6.50. The number of unbranched alkanes of at least 4 members (excludes halogenated alkanes) is 4. The Morgan fingerprint density at radius 1 is 0.773 bits per heavy atom. The molecule has 0 aliphatic rings. The lowest BCUT2D eigenvalue weighted by Gasteiger charge is -2.07. The van der Waals surface area contributed by atoms with Crippen molar-refractivity contribution in [1.82, 2.24) is 0 Å². The quantitative estimate of drug-likeness (QED) is 0.489. The summed E-state index contributed by atoms with van der Waals surface area (Å²) in [6, 6.07) is 17.1. The first-order chi connectivity index (χ1) is 10.8. The van der Waals surface area contributed by atoms with Crippen LogP contribution in [0.4, 0.5) is 0 Å². The minimum atomic E-state index is 0.828. The van der Waals surface area contributed by atoms with Crippen LogP contribution in [0, 0.1) is 6.92 Å². The van der Waals surface area contributed by atoms with Crippen molar-refractivity contribution in [3.63, 3.8) is 0 Å². The van der Waals surface area contributed by atoms with Gasteiger partial charge in [-0.25, -0.2) is 0 Å². The summed E-state index contributed by atoms with van der Waals surface area (Å²) in [5.41, 5.74) is 1.30. The highest BCUT2D eigenvalue weighted by atomic mass is 32.2. The Morgan fingerprint density at radius 2 is 1.36 bits per heavy atom. The lowest BCUT2D eigenvalue weighted by Crippen LogP contribution is -1.97. The van der Waals surface area contributed by atoms with Crippen molar-refractivity contribution in [2.24, 2.45) is 0 Å². The molecule has 2 aromatic carbocycles. The fraction of sp³-hybridized carbons (Fsp3) is 0.400. The molecule has 0 bridgehead atoms. The molecule has 0 aliphatic heterocycles. The van der Waals surface area contributed by atoms with Crippen LogP contribution in [0.25, 0.3) is 0 Å². The normalized spacial score (nSPS) is 10.6. The maximum absolute atomic E-state index is 5.80. The molecule has 0 amide bonds. The van der Waals surface area contributed by atoms with Crippen LogP contribution in [0.5, 0.6) is 5.75 Å². The molecule has 22 heavy (non-hydrogen) atoms. The summed E-state index contributed by atoms with van der Waals surface area (Å²) in [4.78, 5) is 2.52. The first-order valence-corrected chi connectivity index (χ1v) is 9.07. The number of ether oxygens (including phenoxy) is 1. The molecule has 0 saturated heterocycles. The zero-order valence-electron chi connectivity index (χ0n) is 13.7. The van der Waals surface area contributed by atoms with Crippen molar-refractivity contribution in [2.75, 3.05) is 6.61 Å². The largest absolute Gasteiger partial charge is 0.494 e. The van der Waals surface area contributed by atoms with E-state index >= 15 is 0 Å². The maximum Gasteiger partial charge on any atom is 0.119 e. The van der Waals surface area contributed by atoms with Gasteiger partial charge in [-0.2, -0.15) is 0 Å². The zero-order chi connectivity index (χ0) is 15.6. The van der Waals surface area contributed by atoms with Crippen molar-refractivity contribution in [3.8, 4) is 5.75 Å². The maximum atomic E-state index is 5.80. The average molecular weight is 314 g/mol. The summed E-state index contributed by atoms with van der Waals surface area (Å²) >= 11 is 1.79. The van der Waals surface area contributed by atoms with Crippen molar-refractivity contribution >= 4 is 11.8 Å². The molecule has 2 aromatic rings. The number of aryl methyl sites for hydroxylation is 1. The molecule has 0 fully saturated rings. The SMILES string of the molecule is CCCCCCCOc1ccc(Sc2ccc(C)cc2)cc1. The van der Waals surface area contributed by atoms with Crippen LogP contribution in [0.2, 0.25) is 0 Å². The lowest BCUT2D eigenvalue weighted by atomic mass is 10.2. The van der Waals surface area contributed by atoms with Crippen LogP contribution in [0.1, 0.15) is 44.6 Å². The van der Waals surface area contributed by atoms with E-state index in [9.17, 15) is 0 Å². The molecule has 118 valence electrons. The second-order valence-electron chi connectivity index (χ2n) is 5.65. The molecule has 0 atom stereocenters. The summed E-state index contributed by atoms with van der Waals surface area (Å²) < 4.78 is 5.80. The van der Waals surface area contributed by atoms with Gasteiger partial charge in [-0.05, 0) is 49.7 Å². The standard InChI is InChI=1S/C20H26OS/c1-3-4-5-6-7-16-21-18-10-14-20(15-11-18)22-19-12-8-17(2)9-13-19/h8-15H,3-7,16H2,1-2H3. The van der Waals surface area contributed by atoms with Crippen molar-refractivity contribution in [2.45, 2.75) is 55.7 Å². The molecule has 0 saturated carbocycles. The van der Waals surface area contributed by atoms with E-state index in [1.165, 1.54) is 41.0 Å². The summed E-state index contributed by atoms with van der Waals surface area (Å²) in [7, 11) is 0. The fourth-order valence-corrected chi connectivity index (χ4v) is 3.06. The number of rotatable bonds is 9. The average Bonchev–Trinajstić information content (AvgIpc) is 2.54. The third-order valence-electron chi connectivity index (χ3n) is 3.60. The van der Waals surface area contributed by atoms with E-state index in [1.807, 2.05) is 0 Å². The van der Waals surface area contributed by atoms with Gasteiger partial charge in [-0.15, -0.1) is 0 Å². The molecule has 0 N–H and O–H groups in total. The monoisotopic (exact) mass is 314 g/mol. The molecule has 1 nitrogen and oxygen atoms in total. The van der Waals surface area contributed by atoms with E-state index in [4.69, 9.17) is 4.74 Å². The minimum Gasteiger partial charge on any atom is -0.494 e. The van der Waals surface area contributed by atoms with Crippen molar-refractivity contribution < 1.29 is 4.74 Å². The fourth-order valence-electron chi connectivity index (χ4n) is 2.24. The van der Waals surface area contributed by atoms with Gasteiger partial charge in [-0.1, -0.05) is 62.1 Å². The van der Waals surface area contributed by atoms with Crippen LogP contribution in [-0.4, -0.2) is 6.61 Å². The summed E-state index contributed by atoms with van der Waals surface area (Å²) in [6.07, 6.45) is 6.38. The van der Waals surface area contributed by atoms with Crippen LogP contribution in [-0.2, 0) is 0 Å². The van der Waals surface area contributed by atoms with Gasteiger partial charge in [0.2, 0.25) is 0 Å². The highest BCUT2D eigenvalue weighted by Gasteiger charge is 1.99. The minimum absolute atomic E-state index is 0.828. The molecule has 2 heteroatoms. The number of hydrogen-bond donors (Lipinski definition) is 0.